The number of nitrogens with zero attached hydrogens (tertiary/aromatic N) is 1. The van der Waals surface area contributed by atoms with Crippen molar-refractivity contribution in [2.45, 2.75) is 26.4 Å². The summed E-state index contributed by atoms with van der Waals surface area (Å²) in [7, 11) is 0. The van der Waals surface area contributed by atoms with E-state index < -0.39 is 0 Å². The van der Waals surface area contributed by atoms with Gasteiger partial charge in [-0.1, -0.05) is 47.6 Å². The normalized spacial score (nSPS) is 12.6. The number of fused-ring (bicyclic) bond motifs is 1. The average Bonchev–Trinajstić information content (AvgIpc) is 2.52. The lowest BCUT2D eigenvalue weighted by Gasteiger charge is -2.15. The summed E-state index contributed by atoms with van der Waals surface area (Å²) in [4.78, 5) is 5.60. The largest absolute Gasteiger partial charge is 0.456 e. The molecule has 0 radical (unpaired) electrons. The topological polar surface area (TPSA) is 34.7 Å². The highest BCUT2D eigenvalue weighted by atomic mass is 16.6. The summed E-state index contributed by atoms with van der Waals surface area (Å²) in [6, 6.07) is 19.8. The molecule has 0 aliphatic heterocycles. The van der Waals surface area contributed by atoms with E-state index in [-0.39, 0.29) is 5.60 Å². The lowest BCUT2D eigenvalue weighted by molar-refractivity contribution is -0.00585. The minimum absolute atomic E-state index is 0.332. The number of hydrogen-bond acceptors (Lipinski definition) is 3. The Bertz CT molecular complexity index is 842. The Labute approximate surface area is 129 Å². The molecule has 0 bridgehead atoms. The van der Waals surface area contributed by atoms with Crippen LogP contribution in [-0.4, -0.2) is 5.60 Å². The molecule has 22 heavy (non-hydrogen) atoms. The molecule has 0 atom stereocenters. The molecule has 1 heterocycles. The van der Waals surface area contributed by atoms with Gasteiger partial charge in [-0.05, 0) is 32.9 Å². The molecule has 0 unspecified atom stereocenters. The van der Waals surface area contributed by atoms with Crippen LogP contribution in [0.25, 0.3) is 22.3 Å². The van der Waals surface area contributed by atoms with E-state index in [9.17, 15) is 0 Å². The fourth-order valence-corrected chi connectivity index (χ4v) is 2.12. The molecule has 2 aromatic carbocycles. The van der Waals surface area contributed by atoms with Gasteiger partial charge in [-0.3, -0.25) is 0 Å². The van der Waals surface area contributed by atoms with Gasteiger partial charge in [0.25, 0.3) is 0 Å². The van der Waals surface area contributed by atoms with Crippen LogP contribution in [0.15, 0.2) is 70.2 Å². The van der Waals surface area contributed by atoms with E-state index in [1.54, 1.807) is 0 Å². The van der Waals surface area contributed by atoms with Crippen molar-refractivity contribution in [2.75, 3.05) is 0 Å². The van der Waals surface area contributed by atoms with Crippen LogP contribution < -0.4 is 5.36 Å². The molecule has 0 amide bonds. The predicted molar refractivity (Wildman–Crippen MR) is 88.1 cm³/mol. The second-order valence-corrected chi connectivity index (χ2v) is 6.15. The van der Waals surface area contributed by atoms with Crippen molar-refractivity contribution >= 4 is 11.0 Å². The number of hydrogen-bond donors (Lipinski definition) is 0. The molecule has 3 rings (SSSR count). The summed E-state index contributed by atoms with van der Waals surface area (Å²) >= 11 is 0. The Hall–Kier alpha value is -2.55. The molecule has 3 aromatic rings. The second-order valence-electron chi connectivity index (χ2n) is 6.15. The SMILES string of the molecule is CC(C)(C)ON=c1cc(-c2ccccc2)oc2ccccc12. The minimum atomic E-state index is -0.332. The quantitative estimate of drug-likeness (QED) is 0.640. The molecule has 0 saturated heterocycles. The van der Waals surface area contributed by atoms with Gasteiger partial charge in [-0.25, -0.2) is 0 Å². The summed E-state index contributed by atoms with van der Waals surface area (Å²) in [5, 5.41) is 6.04. The number of benzene rings is 2. The smallest absolute Gasteiger partial charge is 0.136 e. The van der Waals surface area contributed by atoms with E-state index >= 15 is 0 Å². The van der Waals surface area contributed by atoms with Gasteiger partial charge in [0, 0.05) is 17.0 Å². The molecule has 0 fully saturated rings. The van der Waals surface area contributed by atoms with Crippen LogP contribution in [0.2, 0.25) is 0 Å². The molecular weight excluding hydrogens is 274 g/mol. The van der Waals surface area contributed by atoms with E-state index in [0.29, 0.717) is 0 Å². The molecule has 1 aromatic heterocycles. The van der Waals surface area contributed by atoms with Gasteiger partial charge in [0.05, 0.1) is 0 Å². The fourth-order valence-electron chi connectivity index (χ4n) is 2.12. The number of rotatable bonds is 2. The van der Waals surface area contributed by atoms with E-state index in [0.717, 1.165) is 27.7 Å². The fraction of sp³-hybridized carbons (Fsp3) is 0.211. The maximum absolute atomic E-state index is 6.00. The van der Waals surface area contributed by atoms with Crippen molar-refractivity contribution in [3.05, 3.63) is 66.0 Å². The highest BCUT2D eigenvalue weighted by molar-refractivity contribution is 5.78. The zero-order chi connectivity index (χ0) is 15.6. The molecule has 0 N–H and O–H groups in total. The Morgan fingerprint density at radius 1 is 0.909 bits per heavy atom. The van der Waals surface area contributed by atoms with E-state index in [1.165, 1.54) is 0 Å². The van der Waals surface area contributed by atoms with Gasteiger partial charge in [-0.2, -0.15) is 0 Å². The third-order valence-electron chi connectivity index (χ3n) is 3.13. The van der Waals surface area contributed by atoms with E-state index in [4.69, 9.17) is 9.25 Å². The van der Waals surface area contributed by atoms with Crippen molar-refractivity contribution in [3.63, 3.8) is 0 Å². The lowest BCUT2D eigenvalue weighted by Crippen LogP contribution is -2.18. The molecular formula is C19H19NO2. The molecule has 112 valence electrons. The average molecular weight is 293 g/mol. The van der Waals surface area contributed by atoms with Gasteiger partial charge in [0.1, 0.15) is 22.3 Å². The molecule has 0 aliphatic carbocycles. The first-order chi connectivity index (χ1) is 10.5. The lowest BCUT2D eigenvalue weighted by atomic mass is 10.1. The first-order valence-corrected chi connectivity index (χ1v) is 7.33. The van der Waals surface area contributed by atoms with Crippen molar-refractivity contribution in [3.8, 4) is 11.3 Å². The van der Waals surface area contributed by atoms with Crippen LogP contribution in [-0.2, 0) is 4.84 Å². The van der Waals surface area contributed by atoms with Crippen molar-refractivity contribution in [1.29, 1.82) is 0 Å². The van der Waals surface area contributed by atoms with Gasteiger partial charge < -0.3 is 9.25 Å². The summed E-state index contributed by atoms with van der Waals surface area (Å²) in [6.07, 6.45) is 0. The van der Waals surface area contributed by atoms with Gasteiger partial charge in [0.15, 0.2) is 0 Å². The zero-order valence-corrected chi connectivity index (χ0v) is 13.0. The number of para-hydroxylation sites is 1. The van der Waals surface area contributed by atoms with Crippen molar-refractivity contribution < 1.29 is 9.25 Å². The summed E-state index contributed by atoms with van der Waals surface area (Å²) in [5.41, 5.74) is 1.47. The van der Waals surface area contributed by atoms with Crippen molar-refractivity contribution in [1.82, 2.24) is 0 Å². The van der Waals surface area contributed by atoms with E-state index in [2.05, 4.69) is 5.16 Å². The zero-order valence-electron chi connectivity index (χ0n) is 13.0. The monoisotopic (exact) mass is 293 g/mol. The Morgan fingerprint density at radius 2 is 1.59 bits per heavy atom. The first-order valence-electron chi connectivity index (χ1n) is 7.33. The van der Waals surface area contributed by atoms with Crippen LogP contribution in [0.5, 0.6) is 0 Å². The maximum atomic E-state index is 6.00. The van der Waals surface area contributed by atoms with Crippen LogP contribution in [0.3, 0.4) is 0 Å². The Morgan fingerprint density at radius 3 is 2.32 bits per heavy atom. The van der Waals surface area contributed by atoms with E-state index in [1.807, 2.05) is 81.4 Å². The van der Waals surface area contributed by atoms with Crippen LogP contribution in [0.4, 0.5) is 0 Å². The van der Waals surface area contributed by atoms with Crippen LogP contribution in [0, 0.1) is 0 Å². The molecule has 0 spiro atoms. The summed E-state index contributed by atoms with van der Waals surface area (Å²) in [5.74, 6) is 0.774. The molecule has 0 aliphatic rings. The molecule has 0 saturated carbocycles. The predicted octanol–water partition coefficient (Wildman–Crippen LogP) is 4.73. The van der Waals surface area contributed by atoms with Crippen LogP contribution >= 0.6 is 0 Å². The Kier molecular flexibility index (Phi) is 3.72. The summed E-state index contributed by atoms with van der Waals surface area (Å²) < 4.78 is 6.00. The van der Waals surface area contributed by atoms with Gasteiger partial charge >= 0.3 is 0 Å². The highest BCUT2D eigenvalue weighted by Gasteiger charge is 2.11. The maximum Gasteiger partial charge on any atom is 0.136 e. The van der Waals surface area contributed by atoms with Crippen molar-refractivity contribution in [2.24, 2.45) is 5.16 Å². The third kappa shape index (κ3) is 3.19. The van der Waals surface area contributed by atoms with Crippen LogP contribution in [0.1, 0.15) is 20.8 Å². The summed E-state index contributed by atoms with van der Waals surface area (Å²) in [6.45, 7) is 5.93. The molecule has 3 nitrogen and oxygen atoms in total. The first kappa shape index (κ1) is 14.4. The second kappa shape index (κ2) is 5.68. The Balaban J connectivity index is 2.21. The minimum Gasteiger partial charge on any atom is -0.456 e. The van der Waals surface area contributed by atoms with Gasteiger partial charge in [0.2, 0.25) is 0 Å². The van der Waals surface area contributed by atoms with Gasteiger partial charge in [-0.15, -0.1) is 0 Å². The highest BCUT2D eigenvalue weighted by Crippen LogP contribution is 2.21. The third-order valence-corrected chi connectivity index (χ3v) is 3.13. The molecule has 3 heteroatoms. The standard InChI is InChI=1S/C19H19NO2/c1-19(2,3)22-20-16-13-18(14-9-5-4-6-10-14)21-17-12-8-7-11-15(16)17/h4-13H,1-3H3.